The van der Waals surface area contributed by atoms with Crippen molar-refractivity contribution in [2.45, 2.75) is 12.8 Å². The molecule has 0 bridgehead atoms. The van der Waals surface area contributed by atoms with Gasteiger partial charge in [0.2, 0.25) is 5.39 Å². The number of benzene rings is 1. The molecule has 2 heterocycles. The average Bonchev–Trinajstić information content (AvgIpc) is 3.16. The normalized spacial score (nSPS) is 22.8. The van der Waals surface area contributed by atoms with Crippen LogP contribution in [0.25, 0.3) is 4.98 Å². The summed E-state index contributed by atoms with van der Waals surface area (Å²) in [5.74, 6) is 0. The Kier molecular flexibility index (Phi) is 4.57. The van der Waals surface area contributed by atoms with E-state index in [1.54, 1.807) is 6.07 Å². The Morgan fingerprint density at radius 3 is 2.36 bits per heavy atom. The lowest BCUT2D eigenvalue weighted by Gasteiger charge is -2.34. The van der Waals surface area contributed by atoms with Crippen molar-refractivity contribution in [1.82, 2.24) is 14.0 Å². The van der Waals surface area contributed by atoms with Crippen LogP contribution in [0.4, 0.5) is 11.4 Å². The average molecular weight is 322 g/mol. The van der Waals surface area contributed by atoms with Gasteiger partial charge in [-0.1, -0.05) is 16.8 Å². The highest BCUT2D eigenvalue weighted by atomic mass is 31.2. The fourth-order valence-corrected chi connectivity index (χ4v) is 6.66. The van der Waals surface area contributed by atoms with Crippen molar-refractivity contribution in [3.05, 3.63) is 29.2 Å². The van der Waals surface area contributed by atoms with Gasteiger partial charge in [0.25, 0.3) is 0 Å². The van der Waals surface area contributed by atoms with E-state index >= 15 is 0 Å². The molecule has 2 saturated heterocycles. The lowest BCUT2D eigenvalue weighted by Crippen LogP contribution is -2.36. The van der Waals surface area contributed by atoms with Crippen molar-refractivity contribution >= 4 is 19.3 Å². The Labute approximate surface area is 132 Å². The molecule has 8 heteroatoms. The van der Waals surface area contributed by atoms with Crippen LogP contribution in [0.15, 0.2) is 24.3 Å². The molecule has 22 heavy (non-hydrogen) atoms. The minimum atomic E-state index is -2.01. The van der Waals surface area contributed by atoms with Crippen LogP contribution < -0.4 is 5.48 Å². The van der Waals surface area contributed by atoms with E-state index in [0.29, 0.717) is 11.4 Å². The fourth-order valence-electron chi connectivity index (χ4n) is 3.16. The number of hydrogen-bond donors (Lipinski definition) is 1. The zero-order valence-electron chi connectivity index (χ0n) is 13.1. The summed E-state index contributed by atoms with van der Waals surface area (Å²) in [6, 6.07) is 7.32. The van der Waals surface area contributed by atoms with Crippen LogP contribution in [0.1, 0.15) is 12.8 Å². The third-order valence-corrected chi connectivity index (χ3v) is 8.03. The number of hydrogen-bond acceptors (Lipinski definition) is 6. The van der Waals surface area contributed by atoms with Crippen molar-refractivity contribution in [3.8, 4) is 0 Å². The van der Waals surface area contributed by atoms with Crippen molar-refractivity contribution in [2.75, 3.05) is 45.8 Å². The summed E-state index contributed by atoms with van der Waals surface area (Å²) in [4.78, 5) is 3.30. The minimum Gasteiger partial charge on any atom is -0.215 e. The van der Waals surface area contributed by atoms with Crippen LogP contribution in [-0.2, 0) is 4.62 Å². The maximum absolute atomic E-state index is 9.10. The fraction of sp³-hybridized carbons (Fsp3) is 0.571. The van der Waals surface area contributed by atoms with Crippen molar-refractivity contribution in [2.24, 2.45) is 0 Å². The molecule has 1 N–H and O–H groups in total. The van der Waals surface area contributed by atoms with Gasteiger partial charge < -0.3 is 0 Å². The highest BCUT2D eigenvalue weighted by Gasteiger charge is 2.62. The molecule has 3 rings (SSSR count). The molecular weight excluding hydrogens is 299 g/mol. The van der Waals surface area contributed by atoms with Gasteiger partial charge in [0.1, 0.15) is 0 Å². The Bertz CT molecular complexity index is 561. The van der Waals surface area contributed by atoms with E-state index in [1.165, 1.54) is 12.8 Å². The molecule has 1 aromatic carbocycles. The lowest BCUT2D eigenvalue weighted by atomic mass is 10.3. The molecule has 118 valence electrons. The van der Waals surface area contributed by atoms with Gasteiger partial charge in [-0.15, -0.1) is 14.0 Å². The molecule has 0 aliphatic carbocycles. The van der Waals surface area contributed by atoms with Crippen LogP contribution in [0.5, 0.6) is 0 Å². The van der Waals surface area contributed by atoms with E-state index in [2.05, 4.69) is 38.6 Å². The molecule has 0 aromatic heterocycles. The van der Waals surface area contributed by atoms with Gasteiger partial charge in [-0.2, -0.15) is 0 Å². The summed E-state index contributed by atoms with van der Waals surface area (Å²) in [6.07, 6.45) is 2.44. The Balaban J connectivity index is 1.83. The highest BCUT2D eigenvalue weighted by molar-refractivity contribution is 7.64. The van der Waals surface area contributed by atoms with Crippen LogP contribution in [-0.4, -0.2) is 54.3 Å². The number of para-hydroxylation sites is 1. The SMILES string of the molecule is CN1CCN(C)[P+]1(ONc1ccccc1[N+]#N)N1CCCC1. The summed E-state index contributed by atoms with van der Waals surface area (Å²) < 4.78 is 13.4. The number of rotatable bonds is 4. The Hall–Kier alpha value is -1.29. The largest absolute Gasteiger partial charge is 0.410 e. The summed E-state index contributed by atoms with van der Waals surface area (Å²) in [6.45, 7) is 4.12. The predicted octanol–water partition coefficient (Wildman–Crippen LogP) is 3.17. The number of nitrogens with one attached hydrogen (secondary N) is 1. The van der Waals surface area contributed by atoms with Crippen LogP contribution >= 0.6 is 7.94 Å². The van der Waals surface area contributed by atoms with Gasteiger partial charge in [-0.05, 0) is 18.9 Å². The number of anilines is 1. The van der Waals surface area contributed by atoms with Gasteiger partial charge in [0, 0.05) is 33.3 Å². The quantitative estimate of drug-likeness (QED) is 0.522. The van der Waals surface area contributed by atoms with Crippen molar-refractivity contribution in [1.29, 1.82) is 5.39 Å². The third-order valence-electron chi connectivity index (χ3n) is 4.38. The molecule has 1 aromatic rings. The predicted molar refractivity (Wildman–Crippen MR) is 88.9 cm³/mol. The van der Waals surface area contributed by atoms with Gasteiger partial charge in [0.05, 0.1) is 13.1 Å². The van der Waals surface area contributed by atoms with Gasteiger partial charge in [-0.3, -0.25) is 0 Å². The molecule has 0 radical (unpaired) electrons. The first-order chi connectivity index (χ1) is 10.7. The molecule has 7 nitrogen and oxygen atoms in total. The maximum atomic E-state index is 9.10. The topological polar surface area (TPSA) is 59.1 Å². The second-order valence-corrected chi connectivity index (χ2v) is 8.89. The zero-order valence-corrected chi connectivity index (χ0v) is 14.0. The van der Waals surface area contributed by atoms with Crippen molar-refractivity contribution in [3.63, 3.8) is 0 Å². The van der Waals surface area contributed by atoms with Crippen molar-refractivity contribution < 1.29 is 4.62 Å². The van der Waals surface area contributed by atoms with Crippen LogP contribution in [0, 0.1) is 5.39 Å². The number of diazo groups is 1. The minimum absolute atomic E-state index is 0.478. The molecule has 2 fully saturated rings. The van der Waals surface area contributed by atoms with Gasteiger partial charge in [0.15, 0.2) is 10.7 Å². The van der Waals surface area contributed by atoms with E-state index in [9.17, 15) is 0 Å². The molecule has 0 spiro atoms. The standard InChI is InChI=1S/C14H23N6OP/c1-18-11-12-19(2)22(18,20-9-5-6-10-20)21-17-14-8-4-3-7-13(14)16-15/h3-4,7-8,17H,5-6,9-12H2,1-2H3/q+2. The Morgan fingerprint density at radius 2 is 1.73 bits per heavy atom. The smallest absolute Gasteiger partial charge is 0.215 e. The zero-order chi connectivity index (χ0) is 15.6. The summed E-state index contributed by atoms with van der Waals surface area (Å²) in [7, 11) is 2.24. The Morgan fingerprint density at radius 1 is 1.09 bits per heavy atom. The molecule has 2 aliphatic heterocycles. The number of nitrogens with zero attached hydrogens (tertiary/aromatic N) is 5. The van der Waals surface area contributed by atoms with Crippen LogP contribution in [0.3, 0.4) is 0 Å². The van der Waals surface area contributed by atoms with Gasteiger partial charge in [-0.25, -0.2) is 5.48 Å². The molecule has 0 amide bonds. The number of likely N-dealkylation sites (N-methyl/N-ethyl adjacent to an activating group) is 2. The first-order valence-electron chi connectivity index (χ1n) is 7.65. The monoisotopic (exact) mass is 322 g/mol. The first-order valence-corrected chi connectivity index (χ1v) is 9.21. The van der Waals surface area contributed by atoms with E-state index in [-0.39, 0.29) is 0 Å². The maximum Gasteiger partial charge on any atom is 0.410 e. The molecule has 0 atom stereocenters. The van der Waals surface area contributed by atoms with E-state index < -0.39 is 7.94 Å². The van der Waals surface area contributed by atoms with Gasteiger partial charge >= 0.3 is 13.6 Å². The second-order valence-electron chi connectivity index (χ2n) is 5.75. The third kappa shape index (κ3) is 2.58. The highest BCUT2D eigenvalue weighted by Crippen LogP contribution is 2.70. The summed E-state index contributed by atoms with van der Waals surface area (Å²) >= 11 is 0. The summed E-state index contributed by atoms with van der Waals surface area (Å²) in [5.41, 5.74) is 4.21. The van der Waals surface area contributed by atoms with Crippen LogP contribution in [0.2, 0.25) is 0 Å². The van der Waals surface area contributed by atoms with E-state index in [4.69, 9.17) is 10.0 Å². The van der Waals surface area contributed by atoms with E-state index in [0.717, 1.165) is 26.2 Å². The molecule has 2 aliphatic rings. The molecule has 0 saturated carbocycles. The second kappa shape index (κ2) is 6.45. The summed E-state index contributed by atoms with van der Waals surface area (Å²) in [5, 5.41) is 9.10. The van der Waals surface area contributed by atoms with E-state index in [1.807, 2.05) is 18.2 Å². The molecule has 0 unspecified atom stereocenters. The lowest BCUT2D eigenvalue weighted by molar-refractivity contribution is 0.294. The first kappa shape index (κ1) is 15.6. The molecular formula is C14H23N6OP+2.